The summed E-state index contributed by atoms with van der Waals surface area (Å²) >= 11 is 1.82. The molecule has 196 valence electrons. The van der Waals surface area contributed by atoms with Crippen molar-refractivity contribution in [3.63, 3.8) is 0 Å². The van der Waals surface area contributed by atoms with Crippen LogP contribution in [0.25, 0.3) is 87.0 Å². The van der Waals surface area contributed by atoms with Gasteiger partial charge >= 0.3 is 0 Å². The molecule has 0 radical (unpaired) electrons. The van der Waals surface area contributed by atoms with Gasteiger partial charge in [0.1, 0.15) is 11.2 Å². The third-order valence-electron chi connectivity index (χ3n) is 7.92. The first-order chi connectivity index (χ1) is 20.8. The second-order valence-electron chi connectivity index (χ2n) is 10.4. The Morgan fingerprint density at radius 2 is 1.12 bits per heavy atom. The summed E-state index contributed by atoms with van der Waals surface area (Å²) in [4.78, 5) is 14.9. The average molecular weight is 556 g/mol. The van der Waals surface area contributed by atoms with Crippen molar-refractivity contribution in [3.05, 3.63) is 127 Å². The molecule has 0 aliphatic heterocycles. The molecule has 6 aromatic carbocycles. The van der Waals surface area contributed by atoms with Gasteiger partial charge < -0.3 is 4.42 Å². The molecule has 0 unspecified atom stereocenters. The molecule has 5 heteroatoms. The molecule has 0 bridgehead atoms. The maximum atomic E-state index is 6.72. The van der Waals surface area contributed by atoms with E-state index in [1.54, 1.807) is 0 Å². The van der Waals surface area contributed by atoms with Crippen LogP contribution in [0.3, 0.4) is 0 Å². The number of aromatic nitrogens is 3. The van der Waals surface area contributed by atoms with Crippen LogP contribution in [0.4, 0.5) is 0 Å². The lowest BCUT2D eigenvalue weighted by Gasteiger charge is -2.09. The lowest BCUT2D eigenvalue weighted by atomic mass is 9.99. The summed E-state index contributed by atoms with van der Waals surface area (Å²) in [5.41, 5.74) is 4.52. The zero-order valence-corrected chi connectivity index (χ0v) is 23.1. The second-order valence-corrected chi connectivity index (χ2v) is 11.5. The van der Waals surface area contributed by atoms with Gasteiger partial charge in [0.2, 0.25) is 0 Å². The van der Waals surface area contributed by atoms with E-state index in [0.29, 0.717) is 17.5 Å². The fourth-order valence-electron chi connectivity index (χ4n) is 6.02. The fourth-order valence-corrected chi connectivity index (χ4v) is 7.14. The number of furan rings is 1. The van der Waals surface area contributed by atoms with Crippen LogP contribution in [-0.4, -0.2) is 15.0 Å². The summed E-state index contributed by atoms with van der Waals surface area (Å²) in [6.07, 6.45) is 0. The molecule has 3 aromatic heterocycles. The summed E-state index contributed by atoms with van der Waals surface area (Å²) in [5.74, 6) is 1.90. The summed E-state index contributed by atoms with van der Waals surface area (Å²) in [6.45, 7) is 0. The highest BCUT2D eigenvalue weighted by atomic mass is 32.1. The molecule has 9 aromatic rings. The number of thiophene rings is 1. The van der Waals surface area contributed by atoms with Gasteiger partial charge in [-0.2, -0.15) is 0 Å². The van der Waals surface area contributed by atoms with Gasteiger partial charge in [-0.1, -0.05) is 103 Å². The van der Waals surface area contributed by atoms with E-state index >= 15 is 0 Å². The maximum absolute atomic E-state index is 6.72. The topological polar surface area (TPSA) is 51.8 Å². The van der Waals surface area contributed by atoms with Gasteiger partial charge in [0, 0.05) is 53.0 Å². The number of nitrogens with zero attached hydrogens (tertiary/aromatic N) is 3. The van der Waals surface area contributed by atoms with Crippen molar-refractivity contribution in [2.24, 2.45) is 0 Å². The van der Waals surface area contributed by atoms with Crippen LogP contribution in [0, 0.1) is 0 Å². The Kier molecular flexibility index (Phi) is 5.03. The molecule has 0 saturated carbocycles. The SMILES string of the molecule is c1ccc(-c2nc(-c3ccccc3)nc(-c3cccc4oc5c(ccc6ccc7sc8ccccc8c7c65)c34)n2)cc1. The van der Waals surface area contributed by atoms with Gasteiger partial charge in [-0.15, -0.1) is 11.3 Å². The van der Waals surface area contributed by atoms with Crippen LogP contribution in [0.1, 0.15) is 0 Å². The molecule has 0 amide bonds. The fraction of sp³-hybridized carbons (Fsp3) is 0. The smallest absolute Gasteiger partial charge is 0.164 e. The number of benzene rings is 6. The van der Waals surface area contributed by atoms with Crippen molar-refractivity contribution < 1.29 is 4.42 Å². The van der Waals surface area contributed by atoms with Gasteiger partial charge in [0.05, 0.1) is 0 Å². The Morgan fingerprint density at radius 3 is 1.88 bits per heavy atom. The Bertz CT molecular complexity index is 2400. The van der Waals surface area contributed by atoms with Crippen LogP contribution in [-0.2, 0) is 0 Å². The molecular weight excluding hydrogens is 534 g/mol. The zero-order valence-electron chi connectivity index (χ0n) is 22.3. The lowest BCUT2D eigenvalue weighted by Crippen LogP contribution is -2.00. The highest BCUT2D eigenvalue weighted by molar-refractivity contribution is 7.26. The molecule has 9 rings (SSSR count). The minimum absolute atomic E-state index is 0.621. The molecule has 0 spiro atoms. The van der Waals surface area contributed by atoms with E-state index in [-0.39, 0.29) is 0 Å². The minimum Gasteiger partial charge on any atom is -0.455 e. The number of fused-ring (bicyclic) bond motifs is 9. The first-order valence-electron chi connectivity index (χ1n) is 13.9. The van der Waals surface area contributed by atoms with Crippen LogP contribution < -0.4 is 0 Å². The van der Waals surface area contributed by atoms with Crippen molar-refractivity contribution in [3.8, 4) is 34.2 Å². The Morgan fingerprint density at radius 1 is 0.452 bits per heavy atom. The first-order valence-corrected chi connectivity index (χ1v) is 14.7. The van der Waals surface area contributed by atoms with E-state index in [1.807, 2.05) is 84.1 Å². The Balaban J connectivity index is 1.37. The lowest BCUT2D eigenvalue weighted by molar-refractivity contribution is 0.673. The van der Waals surface area contributed by atoms with E-state index in [9.17, 15) is 0 Å². The molecule has 3 heterocycles. The van der Waals surface area contributed by atoms with Crippen molar-refractivity contribution >= 4 is 64.2 Å². The monoisotopic (exact) mass is 555 g/mol. The Labute approximate surface area is 244 Å². The predicted molar refractivity (Wildman–Crippen MR) is 174 cm³/mol. The zero-order chi connectivity index (χ0) is 27.6. The molecule has 4 nitrogen and oxygen atoms in total. The summed E-state index contributed by atoms with van der Waals surface area (Å²) in [5, 5.41) is 6.88. The summed E-state index contributed by atoms with van der Waals surface area (Å²) in [6, 6.07) is 43.7. The van der Waals surface area contributed by atoms with E-state index in [0.717, 1.165) is 49.4 Å². The highest BCUT2D eigenvalue weighted by Crippen LogP contribution is 2.44. The second kappa shape index (κ2) is 9.06. The van der Waals surface area contributed by atoms with E-state index in [4.69, 9.17) is 19.4 Å². The molecule has 0 atom stereocenters. The summed E-state index contributed by atoms with van der Waals surface area (Å²) in [7, 11) is 0. The van der Waals surface area contributed by atoms with Crippen molar-refractivity contribution in [1.29, 1.82) is 0 Å². The predicted octanol–water partition coefficient (Wildman–Crippen LogP) is 10.3. The van der Waals surface area contributed by atoms with Crippen molar-refractivity contribution in [1.82, 2.24) is 15.0 Å². The molecule has 0 fully saturated rings. The third-order valence-corrected chi connectivity index (χ3v) is 9.06. The van der Waals surface area contributed by atoms with Crippen molar-refractivity contribution in [2.75, 3.05) is 0 Å². The Hall–Kier alpha value is -5.39. The number of hydrogen-bond acceptors (Lipinski definition) is 5. The van der Waals surface area contributed by atoms with Gasteiger partial charge in [-0.3, -0.25) is 0 Å². The maximum Gasteiger partial charge on any atom is 0.164 e. The molecule has 0 aliphatic carbocycles. The van der Waals surface area contributed by atoms with E-state index in [2.05, 4.69) is 54.6 Å². The van der Waals surface area contributed by atoms with Crippen molar-refractivity contribution in [2.45, 2.75) is 0 Å². The molecule has 0 aliphatic rings. The highest BCUT2D eigenvalue weighted by Gasteiger charge is 2.20. The summed E-state index contributed by atoms with van der Waals surface area (Å²) < 4.78 is 9.25. The van der Waals surface area contributed by atoms with Gasteiger partial charge in [-0.25, -0.2) is 15.0 Å². The standard InChI is InChI=1S/C37H21N3OS/c1-3-10-23(11-4-1)35-38-36(24-12-5-2-6-13-24)40-37(39-35)27-15-9-16-28-32(27)26-20-18-22-19-21-30-33(31(22)34(26)41-28)25-14-7-8-17-29(25)42-30/h1-21H. The molecule has 0 saturated heterocycles. The quantitative estimate of drug-likeness (QED) is 0.218. The largest absolute Gasteiger partial charge is 0.455 e. The number of hydrogen-bond donors (Lipinski definition) is 0. The van der Waals surface area contributed by atoms with E-state index in [1.165, 1.54) is 20.2 Å². The van der Waals surface area contributed by atoms with Gasteiger partial charge in [-0.05, 0) is 29.7 Å². The normalized spacial score (nSPS) is 11.8. The van der Waals surface area contributed by atoms with Crippen LogP contribution >= 0.6 is 11.3 Å². The van der Waals surface area contributed by atoms with Gasteiger partial charge in [0.15, 0.2) is 17.5 Å². The van der Waals surface area contributed by atoms with Crippen LogP contribution in [0.5, 0.6) is 0 Å². The number of rotatable bonds is 3. The third kappa shape index (κ3) is 3.51. The molecule has 42 heavy (non-hydrogen) atoms. The molecular formula is C37H21N3OS. The minimum atomic E-state index is 0.621. The van der Waals surface area contributed by atoms with Gasteiger partial charge in [0.25, 0.3) is 0 Å². The van der Waals surface area contributed by atoms with E-state index < -0.39 is 0 Å². The first kappa shape index (κ1) is 23.3. The van der Waals surface area contributed by atoms with Crippen LogP contribution in [0.15, 0.2) is 132 Å². The molecule has 0 N–H and O–H groups in total. The average Bonchev–Trinajstić information content (AvgIpc) is 3.64. The van der Waals surface area contributed by atoms with Crippen LogP contribution in [0.2, 0.25) is 0 Å².